The van der Waals surface area contributed by atoms with Crippen LogP contribution in [0.4, 0.5) is 0 Å². The number of sulfonamides is 1. The van der Waals surface area contributed by atoms with Crippen LogP contribution < -0.4 is 15.6 Å². The molecule has 0 aliphatic heterocycles. The van der Waals surface area contributed by atoms with E-state index in [1.807, 2.05) is 6.07 Å². The zero-order chi connectivity index (χ0) is 18.3. The Kier molecular flexibility index (Phi) is 6.91. The van der Waals surface area contributed by atoms with E-state index in [9.17, 15) is 18.0 Å². The van der Waals surface area contributed by atoms with Crippen molar-refractivity contribution in [1.29, 1.82) is 0 Å². The molecule has 0 saturated heterocycles. The zero-order valence-electron chi connectivity index (χ0n) is 13.3. The van der Waals surface area contributed by atoms with Crippen molar-refractivity contribution in [2.24, 2.45) is 0 Å². The molecule has 9 heteroatoms. The Morgan fingerprint density at radius 1 is 1.08 bits per heavy atom. The quantitative estimate of drug-likeness (QED) is 0.610. The predicted octanol–water partition coefficient (Wildman–Crippen LogP) is 0.847. The minimum atomic E-state index is -3.47. The highest BCUT2D eigenvalue weighted by Crippen LogP contribution is 2.05. The normalized spacial score (nSPS) is 11.2. The lowest BCUT2D eigenvalue weighted by molar-refractivity contribution is -0.121. The Labute approximate surface area is 154 Å². The molecule has 0 atom stereocenters. The second-order valence-electron chi connectivity index (χ2n) is 5.30. The molecule has 0 unspecified atom stereocenters. The van der Waals surface area contributed by atoms with Crippen molar-refractivity contribution < 1.29 is 13.2 Å². The van der Waals surface area contributed by atoms with Gasteiger partial charge in [0, 0.05) is 29.8 Å². The van der Waals surface area contributed by atoms with E-state index in [1.165, 1.54) is 16.8 Å². The number of hydrogen-bond donors (Lipinski definition) is 2. The Morgan fingerprint density at radius 3 is 2.52 bits per heavy atom. The standard InChI is InChI=1S/C16H18BrN3O4S/c17-14-6-7-16(22)20(10-14)11-15(21)18-8-9-19-25(23,24)12-13-4-2-1-3-5-13/h1-7,10,19H,8-9,11-12H2,(H,18,21). The largest absolute Gasteiger partial charge is 0.353 e. The minimum absolute atomic E-state index is 0.0777. The molecule has 0 bridgehead atoms. The van der Waals surface area contributed by atoms with Crippen LogP contribution in [-0.2, 0) is 27.1 Å². The summed E-state index contributed by atoms with van der Waals surface area (Å²) in [4.78, 5) is 23.4. The number of halogens is 1. The van der Waals surface area contributed by atoms with Gasteiger partial charge < -0.3 is 9.88 Å². The van der Waals surface area contributed by atoms with E-state index in [4.69, 9.17) is 0 Å². The van der Waals surface area contributed by atoms with Crippen LogP contribution in [0.1, 0.15) is 5.56 Å². The molecule has 2 aromatic rings. The number of benzene rings is 1. The second kappa shape index (κ2) is 8.93. The number of carbonyl (C=O) groups excluding carboxylic acids is 1. The topological polar surface area (TPSA) is 97.3 Å². The Morgan fingerprint density at radius 2 is 1.80 bits per heavy atom. The van der Waals surface area contributed by atoms with Gasteiger partial charge in [-0.1, -0.05) is 30.3 Å². The summed E-state index contributed by atoms with van der Waals surface area (Å²) in [6, 6.07) is 11.8. The second-order valence-corrected chi connectivity index (χ2v) is 8.02. The maximum absolute atomic E-state index is 11.9. The molecule has 134 valence electrons. The monoisotopic (exact) mass is 427 g/mol. The molecule has 0 saturated carbocycles. The van der Waals surface area contributed by atoms with Gasteiger partial charge in [0.15, 0.2) is 0 Å². The van der Waals surface area contributed by atoms with E-state index < -0.39 is 10.0 Å². The van der Waals surface area contributed by atoms with Crippen LogP contribution in [0.15, 0.2) is 57.9 Å². The maximum atomic E-state index is 11.9. The Bertz CT molecular complexity index is 882. The van der Waals surface area contributed by atoms with Crippen molar-refractivity contribution >= 4 is 31.9 Å². The highest BCUT2D eigenvalue weighted by atomic mass is 79.9. The third-order valence-corrected chi connectivity index (χ3v) is 5.06. The summed E-state index contributed by atoms with van der Waals surface area (Å²) in [5.74, 6) is -0.489. The summed E-state index contributed by atoms with van der Waals surface area (Å²) in [5.41, 5.74) is 0.398. The molecule has 7 nitrogen and oxygen atoms in total. The van der Waals surface area contributed by atoms with Gasteiger partial charge in [-0.3, -0.25) is 9.59 Å². The molecule has 2 N–H and O–H groups in total. The van der Waals surface area contributed by atoms with E-state index in [2.05, 4.69) is 26.0 Å². The first-order valence-corrected chi connectivity index (χ1v) is 9.94. The predicted molar refractivity (Wildman–Crippen MR) is 98.5 cm³/mol. The van der Waals surface area contributed by atoms with Crippen LogP contribution in [0, 0.1) is 0 Å². The summed E-state index contributed by atoms with van der Waals surface area (Å²) < 4.78 is 28.3. The molecule has 25 heavy (non-hydrogen) atoms. The minimum Gasteiger partial charge on any atom is -0.353 e. The fourth-order valence-corrected chi connectivity index (χ4v) is 3.62. The SMILES string of the molecule is O=C(Cn1cc(Br)ccc1=O)NCCNS(=O)(=O)Cc1ccccc1. The molecule has 1 aromatic carbocycles. The lowest BCUT2D eigenvalue weighted by atomic mass is 10.2. The third-order valence-electron chi connectivity index (χ3n) is 3.23. The fraction of sp³-hybridized carbons (Fsp3) is 0.250. The van der Waals surface area contributed by atoms with Crippen LogP contribution in [0.3, 0.4) is 0 Å². The molecule has 0 radical (unpaired) electrons. The summed E-state index contributed by atoms with van der Waals surface area (Å²) in [7, 11) is -3.47. The lowest BCUT2D eigenvalue weighted by Crippen LogP contribution is -2.37. The van der Waals surface area contributed by atoms with E-state index >= 15 is 0 Å². The van der Waals surface area contributed by atoms with E-state index in [0.717, 1.165) is 0 Å². The van der Waals surface area contributed by atoms with Gasteiger partial charge >= 0.3 is 0 Å². The number of carbonyl (C=O) groups is 1. The highest BCUT2D eigenvalue weighted by Gasteiger charge is 2.11. The summed E-state index contributed by atoms with van der Waals surface area (Å²) in [6.07, 6.45) is 1.52. The van der Waals surface area contributed by atoms with Crippen molar-refractivity contribution in [2.45, 2.75) is 12.3 Å². The summed E-state index contributed by atoms with van der Waals surface area (Å²) in [5, 5.41) is 2.57. The number of rotatable bonds is 8. The summed E-state index contributed by atoms with van der Waals surface area (Å²) >= 11 is 3.23. The van der Waals surface area contributed by atoms with Gasteiger partial charge in [0.2, 0.25) is 15.9 Å². The van der Waals surface area contributed by atoms with Gasteiger partial charge in [-0.15, -0.1) is 0 Å². The number of nitrogens with one attached hydrogen (secondary N) is 2. The van der Waals surface area contributed by atoms with Crippen molar-refractivity contribution in [3.8, 4) is 0 Å². The first kappa shape index (κ1) is 19.4. The number of hydrogen-bond acceptors (Lipinski definition) is 4. The maximum Gasteiger partial charge on any atom is 0.251 e. The van der Waals surface area contributed by atoms with Gasteiger partial charge in [0.1, 0.15) is 6.54 Å². The molecular formula is C16H18BrN3O4S. The van der Waals surface area contributed by atoms with Gasteiger partial charge in [-0.25, -0.2) is 13.1 Å². The van der Waals surface area contributed by atoms with Crippen molar-refractivity contribution in [3.05, 3.63) is 69.1 Å². The average molecular weight is 428 g/mol. The molecular weight excluding hydrogens is 410 g/mol. The first-order chi connectivity index (χ1) is 11.9. The van der Waals surface area contributed by atoms with E-state index in [1.54, 1.807) is 30.3 Å². The Balaban J connectivity index is 1.76. The first-order valence-electron chi connectivity index (χ1n) is 7.50. The van der Waals surface area contributed by atoms with Crippen molar-refractivity contribution in [3.63, 3.8) is 0 Å². The molecule has 1 aromatic heterocycles. The van der Waals surface area contributed by atoms with Crippen LogP contribution in [0.2, 0.25) is 0 Å². The van der Waals surface area contributed by atoms with Crippen LogP contribution >= 0.6 is 15.9 Å². The molecule has 2 rings (SSSR count). The van der Waals surface area contributed by atoms with E-state index in [-0.39, 0.29) is 36.9 Å². The smallest absolute Gasteiger partial charge is 0.251 e. The van der Waals surface area contributed by atoms with Gasteiger partial charge in [-0.2, -0.15) is 0 Å². The van der Waals surface area contributed by atoms with Crippen LogP contribution in [0.25, 0.3) is 0 Å². The fourth-order valence-electron chi connectivity index (χ4n) is 2.09. The van der Waals surface area contributed by atoms with Gasteiger partial charge in [-0.05, 0) is 27.6 Å². The van der Waals surface area contributed by atoms with Crippen molar-refractivity contribution in [2.75, 3.05) is 13.1 Å². The molecule has 1 amide bonds. The molecule has 1 heterocycles. The molecule has 0 aliphatic carbocycles. The number of nitrogens with zero attached hydrogens (tertiary/aromatic N) is 1. The molecule has 0 spiro atoms. The molecule has 0 fully saturated rings. The average Bonchev–Trinajstić information content (AvgIpc) is 2.55. The van der Waals surface area contributed by atoms with Crippen LogP contribution in [-0.4, -0.2) is 32.0 Å². The zero-order valence-corrected chi connectivity index (χ0v) is 15.7. The number of amides is 1. The molecule has 0 aliphatic rings. The van der Waals surface area contributed by atoms with E-state index in [0.29, 0.717) is 10.0 Å². The lowest BCUT2D eigenvalue weighted by Gasteiger charge is -2.09. The number of pyridine rings is 1. The van der Waals surface area contributed by atoms with Crippen molar-refractivity contribution in [1.82, 2.24) is 14.6 Å². The van der Waals surface area contributed by atoms with Gasteiger partial charge in [0.05, 0.1) is 5.75 Å². The third kappa shape index (κ3) is 6.81. The highest BCUT2D eigenvalue weighted by molar-refractivity contribution is 9.10. The Hall–Kier alpha value is -1.97. The van der Waals surface area contributed by atoms with Crippen LogP contribution in [0.5, 0.6) is 0 Å². The number of aromatic nitrogens is 1. The summed E-state index contributed by atoms with van der Waals surface area (Å²) in [6.45, 7) is 0.0823. The van der Waals surface area contributed by atoms with Gasteiger partial charge in [0.25, 0.3) is 5.56 Å².